The van der Waals surface area contributed by atoms with Crippen LogP contribution in [0.2, 0.25) is 0 Å². The van der Waals surface area contributed by atoms with Crippen LogP contribution in [-0.2, 0) is 4.79 Å². The van der Waals surface area contributed by atoms with Gasteiger partial charge in [-0.05, 0) is 70.8 Å². The average Bonchev–Trinajstić information content (AvgIpc) is 3.55. The second kappa shape index (κ2) is 11.5. The van der Waals surface area contributed by atoms with Crippen LogP contribution in [0.4, 0.5) is 5.69 Å². The van der Waals surface area contributed by atoms with Gasteiger partial charge < -0.3 is 20.4 Å². The maximum Gasteiger partial charge on any atom is 0.286 e. The summed E-state index contributed by atoms with van der Waals surface area (Å²) in [5.74, 6) is -0.613. The highest BCUT2D eigenvalue weighted by Gasteiger charge is 2.29. The number of rotatable bonds is 8. The minimum atomic E-state index is -0.388. The largest absolute Gasteiger partial charge is 0.356 e. The van der Waals surface area contributed by atoms with Crippen molar-refractivity contribution in [3.05, 3.63) is 39.8 Å². The standard InChI is InChI=1S/C24H32N6O3S/c1-17-5-7-19(8-6-17)26-21(32)22-27-28-23(34-22)24(33)30-15-9-18(10-16-30)20(31)25-11-4-14-29-12-2-3-13-29/h5-8,18H,2-4,9-16H2,1H3,(H,25,31)(H,26,32). The molecule has 2 saturated heterocycles. The number of aryl methyl sites for hydroxylation is 1. The molecule has 2 aliphatic heterocycles. The fraction of sp³-hybridized carbons (Fsp3) is 0.542. The average molecular weight is 485 g/mol. The monoisotopic (exact) mass is 484 g/mol. The van der Waals surface area contributed by atoms with E-state index in [1.165, 1.54) is 25.9 Å². The number of carbonyl (C=O) groups excluding carboxylic acids is 3. The van der Waals surface area contributed by atoms with Gasteiger partial charge in [0.05, 0.1) is 0 Å². The summed E-state index contributed by atoms with van der Waals surface area (Å²) in [6.07, 6.45) is 4.79. The van der Waals surface area contributed by atoms with E-state index in [4.69, 9.17) is 0 Å². The Bertz CT molecular complexity index is 994. The normalized spacial score (nSPS) is 17.0. The molecule has 10 heteroatoms. The molecule has 182 valence electrons. The first-order chi connectivity index (χ1) is 16.5. The van der Waals surface area contributed by atoms with Gasteiger partial charge in [-0.2, -0.15) is 0 Å². The zero-order chi connectivity index (χ0) is 23.9. The van der Waals surface area contributed by atoms with E-state index < -0.39 is 0 Å². The second-order valence-corrected chi connectivity index (χ2v) is 9.97. The summed E-state index contributed by atoms with van der Waals surface area (Å²) in [5.41, 5.74) is 1.76. The van der Waals surface area contributed by atoms with Crippen molar-refractivity contribution in [2.24, 2.45) is 5.92 Å². The summed E-state index contributed by atoms with van der Waals surface area (Å²) in [6.45, 7) is 7.05. The number of amides is 3. The highest BCUT2D eigenvalue weighted by molar-refractivity contribution is 7.15. The number of hydrogen-bond donors (Lipinski definition) is 2. The number of benzene rings is 1. The van der Waals surface area contributed by atoms with Gasteiger partial charge in [-0.1, -0.05) is 29.0 Å². The summed E-state index contributed by atoms with van der Waals surface area (Å²) in [4.78, 5) is 41.9. The Morgan fingerprint density at radius 1 is 1.00 bits per heavy atom. The van der Waals surface area contributed by atoms with Crippen LogP contribution in [0.3, 0.4) is 0 Å². The number of nitrogens with zero attached hydrogens (tertiary/aromatic N) is 4. The molecule has 3 heterocycles. The van der Waals surface area contributed by atoms with Gasteiger partial charge in [0.25, 0.3) is 11.8 Å². The van der Waals surface area contributed by atoms with Crippen molar-refractivity contribution in [3.63, 3.8) is 0 Å². The smallest absolute Gasteiger partial charge is 0.286 e. The van der Waals surface area contributed by atoms with E-state index in [0.717, 1.165) is 29.9 Å². The maximum absolute atomic E-state index is 12.8. The van der Waals surface area contributed by atoms with E-state index in [1.54, 1.807) is 4.90 Å². The van der Waals surface area contributed by atoms with Gasteiger partial charge in [-0.25, -0.2) is 0 Å². The van der Waals surface area contributed by atoms with E-state index in [9.17, 15) is 14.4 Å². The Morgan fingerprint density at radius 3 is 2.38 bits per heavy atom. The molecule has 2 aromatic rings. The van der Waals surface area contributed by atoms with Crippen molar-refractivity contribution in [1.29, 1.82) is 0 Å². The number of nitrogens with one attached hydrogen (secondary N) is 2. The van der Waals surface area contributed by atoms with Crippen molar-refractivity contribution in [2.45, 2.75) is 39.0 Å². The van der Waals surface area contributed by atoms with Gasteiger partial charge in [-0.15, -0.1) is 10.2 Å². The van der Waals surface area contributed by atoms with Gasteiger partial charge in [0.15, 0.2) is 0 Å². The fourth-order valence-electron chi connectivity index (χ4n) is 4.37. The lowest BCUT2D eigenvalue weighted by Gasteiger charge is -2.30. The van der Waals surface area contributed by atoms with Crippen molar-refractivity contribution < 1.29 is 14.4 Å². The Kier molecular flexibility index (Phi) is 8.23. The Labute approximate surface area is 203 Å². The number of hydrogen-bond acceptors (Lipinski definition) is 7. The molecular formula is C24H32N6O3S. The van der Waals surface area contributed by atoms with Crippen molar-refractivity contribution in [2.75, 3.05) is 44.6 Å². The summed E-state index contributed by atoms with van der Waals surface area (Å²) in [7, 11) is 0. The van der Waals surface area contributed by atoms with Gasteiger partial charge in [0, 0.05) is 31.2 Å². The van der Waals surface area contributed by atoms with Crippen LogP contribution in [-0.4, -0.2) is 77.0 Å². The number of carbonyl (C=O) groups is 3. The van der Waals surface area contributed by atoms with E-state index in [0.29, 0.717) is 38.2 Å². The molecule has 4 rings (SSSR count). The third kappa shape index (κ3) is 6.38. The molecule has 3 amide bonds. The number of anilines is 1. The van der Waals surface area contributed by atoms with Crippen LogP contribution in [0.15, 0.2) is 24.3 Å². The first kappa shape index (κ1) is 24.3. The molecule has 0 aliphatic carbocycles. The summed E-state index contributed by atoms with van der Waals surface area (Å²) in [6, 6.07) is 7.44. The van der Waals surface area contributed by atoms with Gasteiger partial charge in [0.1, 0.15) is 0 Å². The van der Waals surface area contributed by atoms with E-state index >= 15 is 0 Å². The third-order valence-electron chi connectivity index (χ3n) is 6.41. The molecule has 0 radical (unpaired) electrons. The maximum atomic E-state index is 12.8. The van der Waals surface area contributed by atoms with Crippen LogP contribution in [0, 0.1) is 12.8 Å². The number of aromatic nitrogens is 2. The quantitative estimate of drug-likeness (QED) is 0.558. The van der Waals surface area contributed by atoms with Crippen LogP contribution < -0.4 is 10.6 Å². The van der Waals surface area contributed by atoms with Crippen molar-refractivity contribution in [3.8, 4) is 0 Å². The van der Waals surface area contributed by atoms with Crippen LogP contribution in [0.5, 0.6) is 0 Å². The Balaban J connectivity index is 1.20. The van der Waals surface area contributed by atoms with Crippen LogP contribution in [0.25, 0.3) is 0 Å². The van der Waals surface area contributed by atoms with Crippen LogP contribution >= 0.6 is 11.3 Å². The molecule has 1 aromatic heterocycles. The molecule has 2 aliphatic rings. The fourth-order valence-corrected chi connectivity index (χ4v) is 5.07. The lowest BCUT2D eigenvalue weighted by atomic mass is 9.96. The Hall–Kier alpha value is -2.85. The zero-order valence-electron chi connectivity index (χ0n) is 19.6. The number of likely N-dealkylation sites (tertiary alicyclic amines) is 2. The SMILES string of the molecule is Cc1ccc(NC(=O)c2nnc(C(=O)N3CCC(C(=O)NCCCN4CCCC4)CC3)s2)cc1. The van der Waals surface area contributed by atoms with Gasteiger partial charge >= 0.3 is 0 Å². The first-order valence-electron chi connectivity index (χ1n) is 12.0. The molecule has 9 nitrogen and oxygen atoms in total. The second-order valence-electron chi connectivity index (χ2n) is 8.99. The van der Waals surface area contributed by atoms with Crippen LogP contribution in [0.1, 0.15) is 57.3 Å². The minimum Gasteiger partial charge on any atom is -0.356 e. The molecule has 34 heavy (non-hydrogen) atoms. The molecular weight excluding hydrogens is 452 g/mol. The lowest BCUT2D eigenvalue weighted by Crippen LogP contribution is -2.43. The van der Waals surface area contributed by atoms with E-state index in [2.05, 4.69) is 25.7 Å². The van der Waals surface area contributed by atoms with E-state index in [-0.39, 0.29) is 33.7 Å². The molecule has 2 N–H and O–H groups in total. The molecule has 2 fully saturated rings. The molecule has 0 spiro atoms. The predicted octanol–water partition coefficient (Wildman–Crippen LogP) is 2.55. The van der Waals surface area contributed by atoms with Gasteiger partial charge in [-0.3, -0.25) is 14.4 Å². The molecule has 0 atom stereocenters. The lowest BCUT2D eigenvalue weighted by molar-refractivity contribution is -0.126. The third-order valence-corrected chi connectivity index (χ3v) is 7.32. The highest BCUT2D eigenvalue weighted by Crippen LogP contribution is 2.21. The first-order valence-corrected chi connectivity index (χ1v) is 12.8. The molecule has 0 unspecified atom stereocenters. The summed E-state index contributed by atoms with van der Waals surface area (Å²) >= 11 is 0.987. The Morgan fingerprint density at radius 2 is 1.68 bits per heavy atom. The van der Waals surface area contributed by atoms with Gasteiger partial charge in [0.2, 0.25) is 15.9 Å². The van der Waals surface area contributed by atoms with Crippen molar-refractivity contribution in [1.82, 2.24) is 25.3 Å². The summed E-state index contributed by atoms with van der Waals surface area (Å²) in [5, 5.41) is 14.0. The van der Waals surface area contributed by atoms with E-state index in [1.807, 2.05) is 31.2 Å². The zero-order valence-corrected chi connectivity index (χ0v) is 20.4. The molecule has 0 saturated carbocycles. The predicted molar refractivity (Wildman–Crippen MR) is 131 cm³/mol. The topological polar surface area (TPSA) is 108 Å². The molecule has 0 bridgehead atoms. The summed E-state index contributed by atoms with van der Waals surface area (Å²) < 4.78 is 0. The highest BCUT2D eigenvalue weighted by atomic mass is 32.1. The van der Waals surface area contributed by atoms with Crippen molar-refractivity contribution >= 4 is 34.7 Å². The number of piperidine rings is 1. The molecule has 1 aromatic carbocycles. The minimum absolute atomic E-state index is 0.0684.